The van der Waals surface area contributed by atoms with Gasteiger partial charge in [-0.15, -0.1) is 0 Å². The predicted molar refractivity (Wildman–Crippen MR) is 194 cm³/mol. The van der Waals surface area contributed by atoms with Gasteiger partial charge in [-0.2, -0.15) is 0 Å². The Morgan fingerprint density at radius 3 is 2.04 bits per heavy atom. The average Bonchev–Trinajstić information content (AvgIpc) is 3.47. The van der Waals surface area contributed by atoms with Crippen molar-refractivity contribution in [2.24, 2.45) is 17.3 Å². The van der Waals surface area contributed by atoms with Crippen LogP contribution >= 0.6 is 0 Å². The molecular formula is C36H54N10O2. The molecule has 2 aromatic heterocycles. The van der Waals surface area contributed by atoms with Gasteiger partial charge in [-0.25, -0.2) is 15.8 Å². The first-order valence-corrected chi connectivity index (χ1v) is 17.5. The molecule has 0 aliphatic carbocycles. The number of carbonyl (C=O) groups is 2. The number of nitrogen functional groups attached to an aromatic ring is 1. The maximum atomic E-state index is 12.5. The van der Waals surface area contributed by atoms with E-state index in [1.54, 1.807) is 0 Å². The van der Waals surface area contributed by atoms with E-state index in [4.69, 9.17) is 27.3 Å². The molecule has 9 N–H and O–H groups in total. The molecule has 0 saturated carbocycles. The van der Waals surface area contributed by atoms with Crippen molar-refractivity contribution in [3.63, 3.8) is 0 Å². The molecule has 2 aromatic carbocycles. The minimum Gasteiger partial charge on any atom is -0.356 e. The van der Waals surface area contributed by atoms with E-state index in [2.05, 4.69) is 62.8 Å². The highest BCUT2D eigenvalue weighted by Gasteiger charge is 2.19. The standard InChI is InChI=1S/C36H54N10O2/c1-2-3-12-31-43-34-35(29-10-4-5-11-30(29)42-36(34)44-39)46(31)26-28-15-13-27(14-16-28)25-45(23-17-32(47)40-21-8-6-19-37)24-18-33(48)41-22-9-7-20-38/h4-5,10-11,13-16H,2-3,6-9,12,17-26,37-39H2,1H3,(H,40,47)(H,41,48)(H,42,44). The van der Waals surface area contributed by atoms with E-state index in [-0.39, 0.29) is 11.8 Å². The summed E-state index contributed by atoms with van der Waals surface area (Å²) in [5.41, 5.74) is 18.8. The number of imidazole rings is 1. The van der Waals surface area contributed by atoms with Crippen molar-refractivity contribution in [2.75, 3.05) is 44.7 Å². The number of hydrogen-bond donors (Lipinski definition) is 6. The van der Waals surface area contributed by atoms with Crippen molar-refractivity contribution in [3.8, 4) is 0 Å². The smallest absolute Gasteiger partial charge is 0.221 e. The topological polar surface area (TPSA) is 182 Å². The molecule has 4 aromatic rings. The fraction of sp³-hybridized carbons (Fsp3) is 0.500. The normalized spacial score (nSPS) is 11.4. The molecule has 12 heteroatoms. The van der Waals surface area contributed by atoms with Gasteiger partial charge in [-0.05, 0) is 62.4 Å². The van der Waals surface area contributed by atoms with E-state index in [0.717, 1.165) is 83.8 Å². The highest BCUT2D eigenvalue weighted by Crippen LogP contribution is 2.31. The molecule has 12 nitrogen and oxygen atoms in total. The van der Waals surface area contributed by atoms with Crippen LogP contribution in [0.2, 0.25) is 0 Å². The quantitative estimate of drug-likeness (QED) is 0.0418. The van der Waals surface area contributed by atoms with Crippen LogP contribution in [-0.2, 0) is 29.1 Å². The third-order valence-corrected chi connectivity index (χ3v) is 8.54. The lowest BCUT2D eigenvalue weighted by molar-refractivity contribution is -0.121. The number of aromatic nitrogens is 3. The number of nitrogens with zero attached hydrogens (tertiary/aromatic N) is 4. The lowest BCUT2D eigenvalue weighted by Crippen LogP contribution is -2.34. The molecule has 0 saturated heterocycles. The van der Waals surface area contributed by atoms with Crippen LogP contribution in [0.5, 0.6) is 0 Å². The number of fused-ring (bicyclic) bond motifs is 3. The number of nitrogens with one attached hydrogen (secondary N) is 3. The van der Waals surface area contributed by atoms with Crippen LogP contribution in [0.15, 0.2) is 48.5 Å². The summed E-state index contributed by atoms with van der Waals surface area (Å²) in [6, 6.07) is 16.7. The van der Waals surface area contributed by atoms with Crippen molar-refractivity contribution in [3.05, 3.63) is 65.5 Å². The minimum atomic E-state index is 0.0146. The summed E-state index contributed by atoms with van der Waals surface area (Å²) in [5, 5.41) is 7.01. The number of carbonyl (C=O) groups excluding carboxylic acids is 2. The number of rotatable bonds is 22. The van der Waals surface area contributed by atoms with Gasteiger partial charge in [-0.1, -0.05) is 55.8 Å². The number of hydrogen-bond acceptors (Lipinski definition) is 9. The Hall–Kier alpha value is -4.10. The summed E-state index contributed by atoms with van der Waals surface area (Å²) in [4.78, 5) is 37.0. The molecule has 4 rings (SSSR count). The Labute approximate surface area is 284 Å². The van der Waals surface area contributed by atoms with Crippen molar-refractivity contribution in [1.29, 1.82) is 0 Å². The van der Waals surface area contributed by atoms with E-state index < -0.39 is 0 Å². The molecule has 0 fully saturated rings. The van der Waals surface area contributed by atoms with Crippen molar-refractivity contribution >= 4 is 39.6 Å². The SMILES string of the molecule is CCCCc1nc2c(NN)nc3ccccc3c2n1Cc1ccc(CN(CCC(=O)NCCCCN)CCC(=O)NCCCCN)cc1. The molecule has 0 bridgehead atoms. The Kier molecular flexibility index (Phi) is 15.0. The van der Waals surface area contributed by atoms with E-state index >= 15 is 0 Å². The zero-order valence-electron chi connectivity index (χ0n) is 28.5. The second-order valence-corrected chi connectivity index (χ2v) is 12.3. The van der Waals surface area contributed by atoms with Crippen LogP contribution in [0.1, 0.15) is 75.2 Å². The Balaban J connectivity index is 1.49. The Bertz CT molecular complexity index is 1560. The maximum Gasteiger partial charge on any atom is 0.221 e. The second-order valence-electron chi connectivity index (χ2n) is 12.3. The van der Waals surface area contributed by atoms with Gasteiger partial charge in [0.15, 0.2) is 5.82 Å². The number of benzene rings is 2. The molecule has 2 heterocycles. The molecule has 0 unspecified atom stereocenters. The number of pyridine rings is 1. The van der Waals surface area contributed by atoms with Crippen LogP contribution < -0.4 is 33.4 Å². The molecule has 0 radical (unpaired) electrons. The number of nitrogens with two attached hydrogens (primary N) is 3. The molecule has 0 atom stereocenters. The first kappa shape index (κ1) is 36.7. The fourth-order valence-electron chi connectivity index (χ4n) is 5.83. The lowest BCUT2D eigenvalue weighted by Gasteiger charge is -2.22. The van der Waals surface area contributed by atoms with Gasteiger partial charge in [0.1, 0.15) is 11.3 Å². The summed E-state index contributed by atoms with van der Waals surface area (Å²) in [5.74, 6) is 7.51. The van der Waals surface area contributed by atoms with Crippen molar-refractivity contribution in [1.82, 2.24) is 30.1 Å². The number of hydrazine groups is 1. The summed E-state index contributed by atoms with van der Waals surface area (Å²) < 4.78 is 2.30. The van der Waals surface area contributed by atoms with E-state index in [0.29, 0.717) is 71.0 Å². The molecule has 0 spiro atoms. The third kappa shape index (κ3) is 10.7. The van der Waals surface area contributed by atoms with Gasteiger partial charge < -0.3 is 32.1 Å². The van der Waals surface area contributed by atoms with Gasteiger partial charge >= 0.3 is 0 Å². The Morgan fingerprint density at radius 2 is 1.44 bits per heavy atom. The van der Waals surface area contributed by atoms with Crippen molar-refractivity contribution < 1.29 is 9.59 Å². The zero-order chi connectivity index (χ0) is 34.1. The summed E-state index contributed by atoms with van der Waals surface area (Å²) in [6.07, 6.45) is 7.22. The Morgan fingerprint density at radius 1 is 0.812 bits per heavy atom. The molecule has 48 heavy (non-hydrogen) atoms. The highest BCUT2D eigenvalue weighted by molar-refractivity contribution is 6.07. The third-order valence-electron chi connectivity index (χ3n) is 8.54. The molecular weight excluding hydrogens is 604 g/mol. The zero-order valence-corrected chi connectivity index (χ0v) is 28.5. The number of unbranched alkanes of at least 4 members (excludes halogenated alkanes) is 3. The summed E-state index contributed by atoms with van der Waals surface area (Å²) >= 11 is 0. The molecule has 2 amide bonds. The van der Waals surface area contributed by atoms with E-state index in [9.17, 15) is 9.59 Å². The van der Waals surface area contributed by atoms with Gasteiger partial charge in [0.2, 0.25) is 11.8 Å². The number of amides is 2. The van der Waals surface area contributed by atoms with E-state index in [1.165, 1.54) is 0 Å². The second kappa shape index (κ2) is 19.7. The monoisotopic (exact) mass is 658 g/mol. The summed E-state index contributed by atoms with van der Waals surface area (Å²) in [6.45, 7) is 7.11. The van der Waals surface area contributed by atoms with Crippen LogP contribution in [0.4, 0.5) is 5.82 Å². The van der Waals surface area contributed by atoms with Crippen LogP contribution in [0.25, 0.3) is 21.9 Å². The largest absolute Gasteiger partial charge is 0.356 e. The number of aryl methyl sites for hydroxylation is 1. The first-order chi connectivity index (χ1) is 23.5. The van der Waals surface area contributed by atoms with Gasteiger partial charge in [0.05, 0.1) is 11.0 Å². The van der Waals surface area contributed by atoms with Gasteiger partial charge in [0.25, 0.3) is 0 Å². The van der Waals surface area contributed by atoms with Gasteiger partial charge in [-0.3, -0.25) is 14.5 Å². The minimum absolute atomic E-state index is 0.0146. The average molecular weight is 659 g/mol. The summed E-state index contributed by atoms with van der Waals surface area (Å²) in [7, 11) is 0. The highest BCUT2D eigenvalue weighted by atomic mass is 16.2. The van der Waals surface area contributed by atoms with Crippen molar-refractivity contribution in [2.45, 2.75) is 77.8 Å². The van der Waals surface area contributed by atoms with Gasteiger partial charge in [0, 0.05) is 63.9 Å². The first-order valence-electron chi connectivity index (χ1n) is 17.5. The van der Waals surface area contributed by atoms with Crippen LogP contribution in [-0.4, -0.2) is 70.5 Å². The van der Waals surface area contributed by atoms with E-state index in [1.807, 2.05) is 18.2 Å². The molecule has 260 valence electrons. The predicted octanol–water partition coefficient (Wildman–Crippen LogP) is 3.55. The number of anilines is 1. The lowest BCUT2D eigenvalue weighted by atomic mass is 10.1. The molecule has 0 aliphatic heterocycles. The molecule has 0 aliphatic rings. The van der Waals surface area contributed by atoms with Crippen LogP contribution in [0.3, 0.4) is 0 Å². The fourth-order valence-corrected chi connectivity index (χ4v) is 5.83. The maximum absolute atomic E-state index is 12.5. The van der Waals surface area contributed by atoms with Crippen LogP contribution in [0, 0.1) is 0 Å². The number of para-hydroxylation sites is 1.